The molecule has 15 heavy (non-hydrogen) atoms. The first kappa shape index (κ1) is 11.3. The first-order valence-electron chi connectivity index (χ1n) is 4.20. The minimum atomic E-state index is -0.145. The molecule has 0 radical (unpaired) electrons. The third-order valence-corrected chi connectivity index (χ3v) is 1.73. The van der Waals surface area contributed by atoms with Gasteiger partial charge in [0.15, 0.2) is 18.3 Å². The van der Waals surface area contributed by atoms with Crippen molar-refractivity contribution in [2.24, 2.45) is 0 Å². The Kier molecular flexibility index (Phi) is 3.93. The number of benzene rings is 1. The Morgan fingerprint density at radius 2 is 2.13 bits per heavy atom. The zero-order chi connectivity index (χ0) is 11.3. The highest BCUT2D eigenvalue weighted by molar-refractivity contribution is 5.78. The average Bonchev–Trinajstić information content (AvgIpc) is 2.25. The van der Waals surface area contributed by atoms with Gasteiger partial charge < -0.3 is 19.3 Å². The number of aldehydes is 1. The smallest absolute Gasteiger partial charge is 0.203 e. The molecule has 1 aromatic rings. The van der Waals surface area contributed by atoms with Gasteiger partial charge in [0.2, 0.25) is 5.75 Å². The van der Waals surface area contributed by atoms with Gasteiger partial charge in [-0.3, -0.25) is 4.79 Å². The Hall–Kier alpha value is -1.75. The topological polar surface area (TPSA) is 65.0 Å². The van der Waals surface area contributed by atoms with Crippen LogP contribution in [0.4, 0.5) is 0 Å². The van der Waals surface area contributed by atoms with E-state index in [9.17, 15) is 9.90 Å². The number of rotatable bonds is 5. The minimum absolute atomic E-state index is 0.0120. The highest BCUT2D eigenvalue weighted by Crippen LogP contribution is 2.37. The largest absolute Gasteiger partial charge is 0.504 e. The molecule has 0 fully saturated rings. The van der Waals surface area contributed by atoms with E-state index in [2.05, 4.69) is 0 Å². The van der Waals surface area contributed by atoms with Crippen LogP contribution in [0.3, 0.4) is 0 Å². The molecule has 0 heterocycles. The monoisotopic (exact) mass is 212 g/mol. The first-order chi connectivity index (χ1) is 7.22. The molecule has 0 amide bonds. The van der Waals surface area contributed by atoms with Gasteiger partial charge in [-0.1, -0.05) is 0 Å². The summed E-state index contributed by atoms with van der Waals surface area (Å²) in [6, 6.07) is 2.76. The van der Waals surface area contributed by atoms with Crippen molar-refractivity contribution in [1.82, 2.24) is 0 Å². The molecule has 0 aliphatic carbocycles. The van der Waals surface area contributed by atoms with Crippen molar-refractivity contribution < 1.29 is 24.1 Å². The van der Waals surface area contributed by atoms with Crippen molar-refractivity contribution >= 4 is 6.29 Å². The Morgan fingerprint density at radius 1 is 1.40 bits per heavy atom. The fraction of sp³-hybridized carbons (Fsp3) is 0.300. The number of phenols is 1. The third-order valence-electron chi connectivity index (χ3n) is 1.73. The zero-order valence-electron chi connectivity index (χ0n) is 8.52. The summed E-state index contributed by atoms with van der Waals surface area (Å²) in [5.74, 6) is 0.298. The molecule has 1 rings (SSSR count). The van der Waals surface area contributed by atoms with E-state index in [4.69, 9.17) is 14.2 Å². The molecule has 1 N–H and O–H groups in total. The molecule has 0 spiro atoms. The summed E-state index contributed by atoms with van der Waals surface area (Å²) in [6.07, 6.45) is 0.610. The molecule has 0 aromatic heterocycles. The van der Waals surface area contributed by atoms with Gasteiger partial charge >= 0.3 is 0 Å². The lowest BCUT2D eigenvalue weighted by Crippen LogP contribution is -2.01. The summed E-state index contributed by atoms with van der Waals surface area (Å²) in [5.41, 5.74) is 0.305. The molecule has 5 nitrogen and oxygen atoms in total. The molecule has 0 saturated heterocycles. The van der Waals surface area contributed by atoms with Crippen molar-refractivity contribution in [1.29, 1.82) is 0 Å². The predicted molar refractivity (Wildman–Crippen MR) is 52.6 cm³/mol. The lowest BCUT2D eigenvalue weighted by atomic mass is 10.2. The number of ether oxygens (including phenoxy) is 3. The van der Waals surface area contributed by atoms with Crippen LogP contribution in [0, 0.1) is 0 Å². The summed E-state index contributed by atoms with van der Waals surface area (Å²) in [4.78, 5) is 10.5. The van der Waals surface area contributed by atoms with Crippen molar-refractivity contribution in [2.75, 3.05) is 21.0 Å². The molecular formula is C10H12O5. The van der Waals surface area contributed by atoms with Gasteiger partial charge in [0.1, 0.15) is 6.29 Å². The molecule has 0 aliphatic rings. The normalized spacial score (nSPS) is 9.73. The Balaban J connectivity index is 3.07. The Bertz CT molecular complexity index is 348. The van der Waals surface area contributed by atoms with Crippen LogP contribution in [0.5, 0.6) is 17.2 Å². The highest BCUT2D eigenvalue weighted by Gasteiger charge is 2.11. The molecule has 0 aliphatic heterocycles. The summed E-state index contributed by atoms with van der Waals surface area (Å²) in [7, 11) is 2.87. The molecule has 0 unspecified atom stereocenters. The number of carbonyl (C=O) groups excluding carboxylic acids is 1. The van der Waals surface area contributed by atoms with Crippen LogP contribution in [0.25, 0.3) is 0 Å². The van der Waals surface area contributed by atoms with Crippen LogP contribution < -0.4 is 9.47 Å². The summed E-state index contributed by atoms with van der Waals surface area (Å²) < 4.78 is 14.8. The van der Waals surface area contributed by atoms with E-state index < -0.39 is 0 Å². The fourth-order valence-electron chi connectivity index (χ4n) is 1.11. The molecule has 82 valence electrons. The number of hydrogen-bond donors (Lipinski definition) is 1. The molecule has 0 atom stereocenters. The number of carbonyl (C=O) groups is 1. The van der Waals surface area contributed by atoms with E-state index in [0.29, 0.717) is 11.8 Å². The van der Waals surface area contributed by atoms with E-state index >= 15 is 0 Å². The zero-order valence-corrected chi connectivity index (χ0v) is 8.52. The maximum atomic E-state index is 10.5. The van der Waals surface area contributed by atoms with Gasteiger partial charge in [0.05, 0.1) is 7.11 Å². The maximum Gasteiger partial charge on any atom is 0.203 e. The second kappa shape index (κ2) is 5.21. The quantitative estimate of drug-likeness (QED) is 0.586. The highest BCUT2D eigenvalue weighted by atomic mass is 16.7. The second-order valence-electron chi connectivity index (χ2n) is 2.74. The SMILES string of the molecule is COCOc1cc(C=O)cc(O)c1OC. The molecule has 5 heteroatoms. The van der Waals surface area contributed by atoms with E-state index in [0.717, 1.165) is 0 Å². The predicted octanol–water partition coefficient (Wildman–Crippen LogP) is 1.20. The van der Waals surface area contributed by atoms with Gasteiger partial charge in [-0.2, -0.15) is 0 Å². The number of phenolic OH excluding ortho intramolecular Hbond substituents is 1. The average molecular weight is 212 g/mol. The number of aromatic hydroxyl groups is 1. The van der Waals surface area contributed by atoms with E-state index in [1.165, 1.54) is 26.4 Å². The van der Waals surface area contributed by atoms with Crippen LogP contribution in [0.1, 0.15) is 10.4 Å². The van der Waals surface area contributed by atoms with E-state index in [1.807, 2.05) is 0 Å². The van der Waals surface area contributed by atoms with Gasteiger partial charge in [0, 0.05) is 12.7 Å². The van der Waals surface area contributed by atoms with Crippen LogP contribution in [-0.2, 0) is 4.74 Å². The minimum Gasteiger partial charge on any atom is -0.504 e. The lowest BCUT2D eigenvalue weighted by molar-refractivity contribution is 0.0488. The first-order valence-corrected chi connectivity index (χ1v) is 4.20. The van der Waals surface area contributed by atoms with Gasteiger partial charge in [-0.25, -0.2) is 0 Å². The van der Waals surface area contributed by atoms with Crippen molar-refractivity contribution in [3.8, 4) is 17.2 Å². The fourth-order valence-corrected chi connectivity index (χ4v) is 1.11. The number of methoxy groups -OCH3 is 2. The standard InChI is InChI=1S/C10H12O5/c1-13-6-15-9-4-7(5-11)3-8(12)10(9)14-2/h3-5,12H,6H2,1-2H3. The van der Waals surface area contributed by atoms with Crippen LogP contribution in [-0.4, -0.2) is 32.4 Å². The third kappa shape index (κ3) is 2.60. The van der Waals surface area contributed by atoms with E-state index in [1.54, 1.807) is 0 Å². The van der Waals surface area contributed by atoms with Gasteiger partial charge in [-0.05, 0) is 12.1 Å². The molecular weight excluding hydrogens is 200 g/mol. The summed E-state index contributed by atoms with van der Waals surface area (Å²) >= 11 is 0. The summed E-state index contributed by atoms with van der Waals surface area (Å²) in [6.45, 7) is 0.0120. The summed E-state index contributed by atoms with van der Waals surface area (Å²) in [5, 5.41) is 9.50. The van der Waals surface area contributed by atoms with Crippen molar-refractivity contribution in [3.05, 3.63) is 17.7 Å². The Labute approximate surface area is 87.2 Å². The Morgan fingerprint density at radius 3 is 2.67 bits per heavy atom. The van der Waals surface area contributed by atoms with E-state index in [-0.39, 0.29) is 24.0 Å². The van der Waals surface area contributed by atoms with Gasteiger partial charge in [0.25, 0.3) is 0 Å². The molecule has 1 aromatic carbocycles. The number of hydrogen-bond acceptors (Lipinski definition) is 5. The van der Waals surface area contributed by atoms with Crippen LogP contribution in [0.15, 0.2) is 12.1 Å². The van der Waals surface area contributed by atoms with Gasteiger partial charge in [-0.15, -0.1) is 0 Å². The molecule has 0 saturated carbocycles. The lowest BCUT2D eigenvalue weighted by Gasteiger charge is -2.11. The van der Waals surface area contributed by atoms with Crippen molar-refractivity contribution in [3.63, 3.8) is 0 Å². The molecule has 0 bridgehead atoms. The van der Waals surface area contributed by atoms with Crippen LogP contribution in [0.2, 0.25) is 0 Å². The maximum absolute atomic E-state index is 10.5. The van der Waals surface area contributed by atoms with Crippen molar-refractivity contribution in [2.45, 2.75) is 0 Å². The van der Waals surface area contributed by atoms with Crippen LogP contribution >= 0.6 is 0 Å². The second-order valence-corrected chi connectivity index (χ2v) is 2.74.